The molecule has 0 unspecified atom stereocenters. The van der Waals surface area contributed by atoms with Crippen molar-refractivity contribution < 1.29 is 58.5 Å². The van der Waals surface area contributed by atoms with Crippen molar-refractivity contribution in [2.45, 2.75) is 63.7 Å². The molecule has 0 radical (unpaired) electrons. The van der Waals surface area contributed by atoms with Crippen LogP contribution in [0.15, 0.2) is 60.7 Å². The Morgan fingerprint density at radius 1 is 0.766 bits per heavy atom. The SMILES string of the molecule is CC/C=C/C1COC(C2CCC(c3cc(F)c(C(F)(F)Oc4ccc(-c5ccc(OC(F)(F)F)c(F)c5)c(F)c4)c(F)c3)CC2)OC1. The fourth-order valence-electron chi connectivity index (χ4n) is 5.94. The first-order chi connectivity index (χ1) is 22.2. The molecule has 47 heavy (non-hydrogen) atoms. The van der Waals surface area contributed by atoms with Gasteiger partial charge in [-0.3, -0.25) is 0 Å². The maximum absolute atomic E-state index is 15.1. The number of rotatable bonds is 9. The van der Waals surface area contributed by atoms with Crippen molar-refractivity contribution in [2.24, 2.45) is 11.8 Å². The van der Waals surface area contributed by atoms with Gasteiger partial charge in [-0.05, 0) is 85.5 Å². The third-order valence-electron chi connectivity index (χ3n) is 8.23. The highest BCUT2D eigenvalue weighted by Crippen LogP contribution is 2.42. The molecule has 0 bridgehead atoms. The Kier molecular flexibility index (Phi) is 10.4. The van der Waals surface area contributed by atoms with Gasteiger partial charge in [-0.25, -0.2) is 17.6 Å². The smallest absolute Gasteiger partial charge is 0.429 e. The molecule has 5 rings (SSSR count). The first-order valence-corrected chi connectivity index (χ1v) is 15.1. The molecule has 254 valence electrons. The van der Waals surface area contributed by atoms with E-state index >= 15 is 17.6 Å². The predicted molar refractivity (Wildman–Crippen MR) is 153 cm³/mol. The van der Waals surface area contributed by atoms with Gasteiger partial charge in [-0.15, -0.1) is 13.2 Å². The standard InChI is InChI=1S/C34H31F9O4/c1-2-3-4-19-17-44-32(45-18-19)21-7-5-20(6-8-21)23-14-28(37)31(29(38)15-23)33(39,40)46-24-10-11-25(26(35)16-24)22-9-12-30(27(36)13-22)47-34(41,42)43/h3-4,9-16,19-21,32H,2,5-8,17-18H2,1H3/b4-3+. The monoisotopic (exact) mass is 674 g/mol. The van der Waals surface area contributed by atoms with Crippen LogP contribution in [-0.2, 0) is 15.6 Å². The van der Waals surface area contributed by atoms with Crippen molar-refractivity contribution in [2.75, 3.05) is 13.2 Å². The van der Waals surface area contributed by atoms with Crippen LogP contribution in [0.1, 0.15) is 56.1 Å². The molecule has 2 fully saturated rings. The van der Waals surface area contributed by atoms with E-state index in [9.17, 15) is 22.0 Å². The Hall–Kier alpha value is -3.71. The summed E-state index contributed by atoms with van der Waals surface area (Å²) in [5.74, 6) is -7.69. The number of benzene rings is 3. The van der Waals surface area contributed by atoms with Crippen LogP contribution in [0.25, 0.3) is 11.1 Å². The molecule has 3 aromatic carbocycles. The molecule has 0 spiro atoms. The molecule has 1 saturated carbocycles. The predicted octanol–water partition coefficient (Wildman–Crippen LogP) is 10.2. The Morgan fingerprint density at radius 2 is 1.43 bits per heavy atom. The van der Waals surface area contributed by atoms with E-state index in [1.54, 1.807) is 0 Å². The van der Waals surface area contributed by atoms with Crippen LogP contribution < -0.4 is 9.47 Å². The van der Waals surface area contributed by atoms with Crippen molar-refractivity contribution in [3.8, 4) is 22.6 Å². The lowest BCUT2D eigenvalue weighted by atomic mass is 9.78. The summed E-state index contributed by atoms with van der Waals surface area (Å²) in [6.07, 6.45) is -2.62. The van der Waals surface area contributed by atoms with Gasteiger partial charge in [0.15, 0.2) is 17.9 Å². The molecule has 0 atom stereocenters. The highest BCUT2D eigenvalue weighted by molar-refractivity contribution is 5.66. The Balaban J connectivity index is 1.23. The zero-order chi connectivity index (χ0) is 33.9. The third-order valence-corrected chi connectivity index (χ3v) is 8.23. The minimum atomic E-state index is -5.16. The molecule has 1 aliphatic heterocycles. The van der Waals surface area contributed by atoms with Gasteiger partial charge in [0, 0.05) is 23.5 Å². The molecule has 3 aromatic rings. The average Bonchev–Trinajstić information content (AvgIpc) is 3.00. The quantitative estimate of drug-likeness (QED) is 0.167. The molecule has 0 aromatic heterocycles. The molecular weight excluding hydrogens is 643 g/mol. The van der Waals surface area contributed by atoms with E-state index in [2.05, 4.69) is 21.6 Å². The van der Waals surface area contributed by atoms with E-state index < -0.39 is 52.8 Å². The largest absolute Gasteiger partial charge is 0.573 e. The van der Waals surface area contributed by atoms with E-state index in [1.807, 2.05) is 6.92 Å². The summed E-state index contributed by atoms with van der Waals surface area (Å²) in [5.41, 5.74) is -2.04. The van der Waals surface area contributed by atoms with Crippen LogP contribution in [0, 0.1) is 35.1 Å². The maximum Gasteiger partial charge on any atom is 0.573 e. The summed E-state index contributed by atoms with van der Waals surface area (Å²) < 4.78 is 146. The molecule has 13 heteroatoms. The zero-order valence-corrected chi connectivity index (χ0v) is 25.1. The molecule has 1 aliphatic carbocycles. The van der Waals surface area contributed by atoms with E-state index in [1.165, 1.54) is 0 Å². The van der Waals surface area contributed by atoms with Crippen LogP contribution in [0.3, 0.4) is 0 Å². The summed E-state index contributed by atoms with van der Waals surface area (Å²) in [5, 5.41) is 0. The van der Waals surface area contributed by atoms with Gasteiger partial charge >= 0.3 is 12.5 Å². The summed E-state index contributed by atoms with van der Waals surface area (Å²) >= 11 is 0. The van der Waals surface area contributed by atoms with Gasteiger partial charge in [0.1, 0.15) is 28.8 Å². The van der Waals surface area contributed by atoms with E-state index in [0.717, 1.165) is 36.8 Å². The molecule has 1 heterocycles. The Morgan fingerprint density at radius 3 is 2.00 bits per heavy atom. The average molecular weight is 675 g/mol. The van der Waals surface area contributed by atoms with Gasteiger partial charge in [0.05, 0.1) is 13.2 Å². The third kappa shape index (κ3) is 8.42. The van der Waals surface area contributed by atoms with Crippen LogP contribution in [0.2, 0.25) is 0 Å². The second-order valence-electron chi connectivity index (χ2n) is 11.6. The van der Waals surface area contributed by atoms with Crippen molar-refractivity contribution in [3.05, 3.63) is 95.1 Å². The summed E-state index contributed by atoms with van der Waals surface area (Å²) in [6, 6.07) is 6.03. The molecular formula is C34H31F9O4. The number of ether oxygens (including phenoxy) is 4. The van der Waals surface area contributed by atoms with Gasteiger partial charge in [-0.1, -0.05) is 25.1 Å². The minimum absolute atomic E-state index is 0.0997. The number of halogens is 9. The summed E-state index contributed by atoms with van der Waals surface area (Å²) in [6.45, 7) is 3.13. The molecule has 1 saturated heterocycles. The molecule has 2 aliphatic rings. The van der Waals surface area contributed by atoms with Crippen molar-refractivity contribution in [1.82, 2.24) is 0 Å². The summed E-state index contributed by atoms with van der Waals surface area (Å²) in [7, 11) is 0. The van der Waals surface area contributed by atoms with Crippen LogP contribution in [-0.4, -0.2) is 25.9 Å². The number of alkyl halides is 5. The van der Waals surface area contributed by atoms with E-state index in [4.69, 9.17) is 9.47 Å². The van der Waals surface area contributed by atoms with Crippen molar-refractivity contribution >= 4 is 0 Å². The fourth-order valence-corrected chi connectivity index (χ4v) is 5.94. The van der Waals surface area contributed by atoms with Gasteiger partial charge < -0.3 is 18.9 Å². The Bertz CT molecular complexity index is 1550. The second kappa shape index (κ2) is 14.2. The zero-order valence-electron chi connectivity index (χ0n) is 25.1. The van der Waals surface area contributed by atoms with E-state index in [-0.39, 0.29) is 40.7 Å². The highest BCUT2D eigenvalue weighted by atomic mass is 19.4. The highest BCUT2D eigenvalue weighted by Gasteiger charge is 2.42. The maximum atomic E-state index is 15.1. The molecule has 4 nitrogen and oxygen atoms in total. The molecule has 0 amide bonds. The van der Waals surface area contributed by atoms with Gasteiger partial charge in [0.2, 0.25) is 0 Å². The normalized spacial score (nSPS) is 22.4. The fraction of sp³-hybridized carbons (Fsp3) is 0.412. The number of hydrogen-bond acceptors (Lipinski definition) is 4. The lowest BCUT2D eigenvalue weighted by Gasteiger charge is -2.37. The van der Waals surface area contributed by atoms with E-state index in [0.29, 0.717) is 57.1 Å². The molecule has 0 N–H and O–H groups in total. The van der Waals surface area contributed by atoms with Crippen LogP contribution in [0.4, 0.5) is 39.5 Å². The van der Waals surface area contributed by atoms with Gasteiger partial charge in [0.25, 0.3) is 0 Å². The first-order valence-electron chi connectivity index (χ1n) is 15.1. The first kappa shape index (κ1) is 34.6. The topological polar surface area (TPSA) is 36.9 Å². The minimum Gasteiger partial charge on any atom is -0.429 e. The number of hydrogen-bond donors (Lipinski definition) is 0. The van der Waals surface area contributed by atoms with Crippen LogP contribution >= 0.6 is 0 Å². The van der Waals surface area contributed by atoms with Crippen LogP contribution in [0.5, 0.6) is 11.5 Å². The van der Waals surface area contributed by atoms with Crippen molar-refractivity contribution in [1.29, 1.82) is 0 Å². The Labute approximate surface area is 265 Å². The number of allylic oxidation sites excluding steroid dienone is 1. The van der Waals surface area contributed by atoms with Gasteiger partial charge in [-0.2, -0.15) is 8.78 Å². The summed E-state index contributed by atoms with van der Waals surface area (Å²) in [4.78, 5) is 0. The van der Waals surface area contributed by atoms with Crippen molar-refractivity contribution in [3.63, 3.8) is 0 Å². The lowest BCUT2D eigenvalue weighted by molar-refractivity contribution is -0.275. The second-order valence-corrected chi connectivity index (χ2v) is 11.6. The lowest BCUT2D eigenvalue weighted by Crippen LogP contribution is -2.37.